The largest absolute Gasteiger partial charge is 0.430 e. The van der Waals surface area contributed by atoms with Gasteiger partial charge in [0.2, 0.25) is 17.1 Å². The van der Waals surface area contributed by atoms with Crippen molar-refractivity contribution in [3.05, 3.63) is 60.7 Å². The topological polar surface area (TPSA) is 89.9 Å². The number of nitrogens with two attached hydrogens (primary N) is 1. The fraction of sp³-hybridized carbons (Fsp3) is 0.105. The van der Waals surface area contributed by atoms with E-state index in [1.165, 1.54) is 0 Å². The minimum Gasteiger partial charge on any atom is -0.430 e. The quantitative estimate of drug-likeness (QED) is 0.558. The van der Waals surface area contributed by atoms with Crippen LogP contribution in [0.5, 0.6) is 0 Å². The van der Waals surface area contributed by atoms with Gasteiger partial charge in [-0.3, -0.25) is 0 Å². The van der Waals surface area contributed by atoms with Gasteiger partial charge < -0.3 is 15.5 Å². The lowest BCUT2D eigenvalue weighted by Gasteiger charge is -2.06. The van der Waals surface area contributed by atoms with Crippen LogP contribution in [0.1, 0.15) is 0 Å². The van der Waals surface area contributed by atoms with Crippen LogP contribution in [0.25, 0.3) is 34.1 Å². The molecular weight excluding hydrogens is 350 g/mol. The van der Waals surface area contributed by atoms with Crippen LogP contribution in [0, 0.1) is 0 Å². The molecule has 2 heterocycles. The van der Waals surface area contributed by atoms with Crippen molar-refractivity contribution in [2.75, 3.05) is 18.4 Å². The maximum atomic E-state index is 5.93. The number of halogens is 1. The summed E-state index contributed by atoms with van der Waals surface area (Å²) >= 11 is 0. The first-order chi connectivity index (χ1) is 12.3. The van der Waals surface area contributed by atoms with Gasteiger partial charge in [0.15, 0.2) is 11.6 Å². The summed E-state index contributed by atoms with van der Waals surface area (Å²) in [5, 5.41) is 3.20. The summed E-state index contributed by atoms with van der Waals surface area (Å²) in [5.41, 5.74) is 8.48. The Morgan fingerprint density at radius 1 is 0.846 bits per heavy atom. The van der Waals surface area contributed by atoms with Crippen LogP contribution in [-0.4, -0.2) is 28.0 Å². The third-order valence-corrected chi connectivity index (χ3v) is 3.74. The number of anilines is 1. The number of fused-ring (bicyclic) bond motifs is 1. The zero-order chi connectivity index (χ0) is 17.1. The highest BCUT2D eigenvalue weighted by Crippen LogP contribution is 2.29. The van der Waals surface area contributed by atoms with Crippen LogP contribution in [0.15, 0.2) is 65.1 Å². The summed E-state index contributed by atoms with van der Waals surface area (Å²) < 4.78 is 5.93. The zero-order valence-electron chi connectivity index (χ0n) is 13.9. The number of oxazole rings is 1. The summed E-state index contributed by atoms with van der Waals surface area (Å²) in [7, 11) is 0. The summed E-state index contributed by atoms with van der Waals surface area (Å²) in [4.78, 5) is 13.7. The first-order valence-electron chi connectivity index (χ1n) is 8.08. The Labute approximate surface area is 156 Å². The molecule has 26 heavy (non-hydrogen) atoms. The molecule has 3 N–H and O–H groups in total. The monoisotopic (exact) mass is 367 g/mol. The second kappa shape index (κ2) is 7.95. The number of hydrogen-bond donors (Lipinski definition) is 2. The van der Waals surface area contributed by atoms with E-state index in [1.807, 2.05) is 60.7 Å². The van der Waals surface area contributed by atoms with Crippen LogP contribution in [0.2, 0.25) is 0 Å². The molecule has 0 radical (unpaired) electrons. The summed E-state index contributed by atoms with van der Waals surface area (Å²) in [6.07, 6.45) is 0. The highest BCUT2D eigenvalue weighted by atomic mass is 35.5. The molecule has 6 nitrogen and oxygen atoms in total. The average Bonchev–Trinajstić information content (AvgIpc) is 3.12. The molecule has 4 aromatic rings. The van der Waals surface area contributed by atoms with Crippen molar-refractivity contribution < 1.29 is 4.42 Å². The third kappa shape index (κ3) is 3.51. The fourth-order valence-electron chi connectivity index (χ4n) is 2.56. The van der Waals surface area contributed by atoms with E-state index in [-0.39, 0.29) is 12.4 Å². The van der Waals surface area contributed by atoms with Gasteiger partial charge in [0, 0.05) is 24.2 Å². The second-order valence-corrected chi connectivity index (χ2v) is 5.52. The maximum absolute atomic E-state index is 5.93. The molecule has 0 unspecified atom stereocenters. The van der Waals surface area contributed by atoms with E-state index in [4.69, 9.17) is 10.2 Å². The van der Waals surface area contributed by atoms with Crippen LogP contribution in [-0.2, 0) is 0 Å². The number of aromatic nitrogens is 3. The molecule has 0 saturated heterocycles. The first kappa shape index (κ1) is 17.8. The van der Waals surface area contributed by atoms with E-state index in [1.54, 1.807) is 0 Å². The number of hydrogen-bond acceptors (Lipinski definition) is 6. The molecule has 132 valence electrons. The van der Waals surface area contributed by atoms with Crippen molar-refractivity contribution >= 4 is 29.5 Å². The molecule has 0 bridgehead atoms. The maximum Gasteiger partial charge on any atom is 0.229 e. The fourth-order valence-corrected chi connectivity index (χ4v) is 2.56. The zero-order valence-corrected chi connectivity index (χ0v) is 14.7. The highest BCUT2D eigenvalue weighted by molar-refractivity contribution is 5.85. The smallest absolute Gasteiger partial charge is 0.229 e. The Balaban J connectivity index is 0.00000196. The molecule has 7 heteroatoms. The van der Waals surface area contributed by atoms with Crippen LogP contribution in [0.4, 0.5) is 5.82 Å². The van der Waals surface area contributed by atoms with Gasteiger partial charge in [-0.15, -0.1) is 12.4 Å². The lowest BCUT2D eigenvalue weighted by atomic mass is 10.2. The van der Waals surface area contributed by atoms with Crippen molar-refractivity contribution in [2.24, 2.45) is 5.73 Å². The normalized spacial score (nSPS) is 10.5. The predicted octanol–water partition coefficient (Wildman–Crippen LogP) is 3.74. The van der Waals surface area contributed by atoms with Gasteiger partial charge in [-0.1, -0.05) is 48.5 Å². The van der Waals surface area contributed by atoms with Gasteiger partial charge in [0.25, 0.3) is 0 Å². The van der Waals surface area contributed by atoms with Gasteiger partial charge in [0.1, 0.15) is 0 Å². The van der Waals surface area contributed by atoms with Gasteiger partial charge in [0.05, 0.1) is 0 Å². The van der Waals surface area contributed by atoms with E-state index >= 15 is 0 Å². The molecule has 0 amide bonds. The van der Waals surface area contributed by atoms with Crippen molar-refractivity contribution in [3.63, 3.8) is 0 Å². The molecule has 0 aliphatic carbocycles. The molecule has 0 saturated carbocycles. The molecule has 0 fully saturated rings. The minimum atomic E-state index is 0. The van der Waals surface area contributed by atoms with Gasteiger partial charge in [-0.2, -0.15) is 4.98 Å². The summed E-state index contributed by atoms with van der Waals surface area (Å²) in [6.45, 7) is 1.08. The van der Waals surface area contributed by atoms with Crippen LogP contribution >= 0.6 is 12.4 Å². The Morgan fingerprint density at radius 3 is 2.15 bits per heavy atom. The van der Waals surface area contributed by atoms with Crippen molar-refractivity contribution in [3.8, 4) is 22.8 Å². The lowest BCUT2D eigenvalue weighted by molar-refractivity contribution is 0.619. The third-order valence-electron chi connectivity index (χ3n) is 3.74. The van der Waals surface area contributed by atoms with E-state index in [0.717, 1.165) is 11.1 Å². The molecule has 2 aromatic carbocycles. The first-order valence-corrected chi connectivity index (χ1v) is 8.08. The predicted molar refractivity (Wildman–Crippen MR) is 105 cm³/mol. The molecule has 0 spiro atoms. The number of nitrogens with one attached hydrogen (secondary N) is 1. The highest BCUT2D eigenvalue weighted by Gasteiger charge is 2.16. The number of rotatable bonds is 5. The van der Waals surface area contributed by atoms with E-state index in [9.17, 15) is 0 Å². The molecule has 4 rings (SSSR count). The Bertz CT molecular complexity index is 989. The molecule has 0 atom stereocenters. The lowest BCUT2D eigenvalue weighted by Crippen LogP contribution is -2.14. The van der Waals surface area contributed by atoms with Crippen LogP contribution in [0.3, 0.4) is 0 Å². The standard InChI is InChI=1S/C19H17N5O.ClH/c20-11-12-21-17-15-18(23-16(22-17)13-7-3-1-4-8-13)24-19(25-15)14-9-5-2-6-10-14;/h1-10H,11-12,20H2,(H,21,22,23);1H. The van der Waals surface area contributed by atoms with Gasteiger partial charge in [-0.25, -0.2) is 9.97 Å². The van der Waals surface area contributed by atoms with Crippen molar-refractivity contribution in [1.82, 2.24) is 15.0 Å². The SMILES string of the molecule is Cl.NCCNc1nc(-c2ccccc2)nc2nc(-c3ccccc3)oc12. The van der Waals surface area contributed by atoms with Crippen molar-refractivity contribution in [1.29, 1.82) is 0 Å². The minimum absolute atomic E-state index is 0. The molecule has 0 aliphatic heterocycles. The van der Waals surface area contributed by atoms with Crippen LogP contribution < -0.4 is 11.1 Å². The number of nitrogens with zero attached hydrogens (tertiary/aromatic N) is 3. The average molecular weight is 368 g/mol. The molecular formula is C19H18ClN5O. The van der Waals surface area contributed by atoms with E-state index in [0.29, 0.717) is 41.9 Å². The Kier molecular flexibility index (Phi) is 5.46. The molecule has 0 aliphatic rings. The van der Waals surface area contributed by atoms with E-state index < -0.39 is 0 Å². The van der Waals surface area contributed by atoms with Gasteiger partial charge in [-0.05, 0) is 12.1 Å². The van der Waals surface area contributed by atoms with Crippen molar-refractivity contribution in [2.45, 2.75) is 0 Å². The van der Waals surface area contributed by atoms with Gasteiger partial charge >= 0.3 is 0 Å². The Morgan fingerprint density at radius 2 is 1.50 bits per heavy atom. The summed E-state index contributed by atoms with van der Waals surface area (Å²) in [6, 6.07) is 19.5. The molecule has 2 aromatic heterocycles. The second-order valence-electron chi connectivity index (χ2n) is 5.52. The summed E-state index contributed by atoms with van der Waals surface area (Å²) in [5.74, 6) is 1.72. The van der Waals surface area contributed by atoms with E-state index in [2.05, 4.69) is 20.3 Å². The Hall–Kier alpha value is -2.96. The number of benzene rings is 2.